The fourth-order valence-electron chi connectivity index (χ4n) is 4.29. The second-order valence-electron chi connectivity index (χ2n) is 6.62. The molecule has 1 aromatic rings. The van der Waals surface area contributed by atoms with Gasteiger partial charge < -0.3 is 5.73 Å². The van der Waals surface area contributed by atoms with E-state index in [9.17, 15) is 0 Å². The SMILES string of the molecule is CCC(N)C(c1sccc1C)N1CCC2CCCCC21. The molecule has 1 aliphatic carbocycles. The van der Waals surface area contributed by atoms with Crippen molar-refractivity contribution in [1.29, 1.82) is 0 Å². The van der Waals surface area contributed by atoms with Crippen LogP contribution in [0.3, 0.4) is 0 Å². The molecule has 0 amide bonds. The highest BCUT2D eigenvalue weighted by Gasteiger charge is 2.41. The maximum atomic E-state index is 6.54. The Morgan fingerprint density at radius 3 is 2.85 bits per heavy atom. The molecule has 112 valence electrons. The lowest BCUT2D eigenvalue weighted by atomic mass is 9.84. The van der Waals surface area contributed by atoms with Gasteiger partial charge in [0.1, 0.15) is 0 Å². The fourth-order valence-corrected chi connectivity index (χ4v) is 5.41. The molecule has 20 heavy (non-hydrogen) atoms. The van der Waals surface area contributed by atoms with E-state index in [1.807, 2.05) is 11.3 Å². The first kappa shape index (κ1) is 14.6. The first-order valence-corrected chi connectivity index (χ1v) is 9.15. The van der Waals surface area contributed by atoms with Crippen LogP contribution in [-0.2, 0) is 0 Å². The summed E-state index contributed by atoms with van der Waals surface area (Å²) in [7, 11) is 0. The number of hydrogen-bond donors (Lipinski definition) is 1. The van der Waals surface area contributed by atoms with Crippen LogP contribution in [-0.4, -0.2) is 23.5 Å². The Bertz CT molecular complexity index is 442. The van der Waals surface area contributed by atoms with Gasteiger partial charge in [0.25, 0.3) is 0 Å². The zero-order valence-corrected chi connectivity index (χ0v) is 13.7. The van der Waals surface area contributed by atoms with Gasteiger partial charge in [-0.25, -0.2) is 0 Å². The Morgan fingerprint density at radius 1 is 1.35 bits per heavy atom. The molecule has 2 heterocycles. The average molecular weight is 292 g/mol. The molecule has 4 atom stereocenters. The summed E-state index contributed by atoms with van der Waals surface area (Å²) in [6.07, 6.45) is 8.14. The normalized spacial score (nSPS) is 30.1. The lowest BCUT2D eigenvalue weighted by Crippen LogP contribution is -2.45. The minimum atomic E-state index is 0.271. The van der Waals surface area contributed by atoms with Crippen molar-refractivity contribution in [3.63, 3.8) is 0 Å². The van der Waals surface area contributed by atoms with Crippen LogP contribution in [0.1, 0.15) is 61.9 Å². The lowest BCUT2D eigenvalue weighted by Gasteiger charge is -2.39. The molecule has 1 saturated heterocycles. The van der Waals surface area contributed by atoms with Crippen LogP contribution >= 0.6 is 11.3 Å². The number of hydrogen-bond acceptors (Lipinski definition) is 3. The minimum Gasteiger partial charge on any atom is -0.326 e. The molecule has 1 aliphatic heterocycles. The lowest BCUT2D eigenvalue weighted by molar-refractivity contribution is 0.116. The largest absolute Gasteiger partial charge is 0.326 e. The molecule has 1 saturated carbocycles. The summed E-state index contributed by atoms with van der Waals surface area (Å²) in [6, 6.07) is 3.78. The van der Waals surface area contributed by atoms with E-state index in [0.717, 1.165) is 18.4 Å². The molecule has 2 aliphatic rings. The average Bonchev–Trinajstić information content (AvgIpc) is 3.07. The summed E-state index contributed by atoms with van der Waals surface area (Å²) in [5.74, 6) is 0.940. The molecule has 1 aromatic heterocycles. The van der Waals surface area contributed by atoms with Gasteiger partial charge in [-0.3, -0.25) is 4.90 Å². The van der Waals surface area contributed by atoms with Gasteiger partial charge in [-0.1, -0.05) is 19.8 Å². The van der Waals surface area contributed by atoms with Crippen LogP contribution in [0.15, 0.2) is 11.4 Å². The van der Waals surface area contributed by atoms with Crippen molar-refractivity contribution in [2.24, 2.45) is 11.7 Å². The smallest absolute Gasteiger partial charge is 0.0598 e. The fraction of sp³-hybridized carbons (Fsp3) is 0.765. The van der Waals surface area contributed by atoms with Gasteiger partial charge in [0, 0.05) is 17.0 Å². The highest BCUT2D eigenvalue weighted by Crippen LogP contribution is 2.43. The first-order chi connectivity index (χ1) is 9.72. The van der Waals surface area contributed by atoms with E-state index in [0.29, 0.717) is 6.04 Å². The molecule has 2 fully saturated rings. The Kier molecular flexibility index (Phi) is 4.49. The Morgan fingerprint density at radius 2 is 2.15 bits per heavy atom. The molecule has 3 rings (SSSR count). The third kappa shape index (κ3) is 2.56. The third-order valence-corrected chi connectivity index (χ3v) is 6.55. The van der Waals surface area contributed by atoms with E-state index in [4.69, 9.17) is 5.73 Å². The standard InChI is InChI=1S/C17H28N2S/c1-3-14(18)16(17-12(2)9-11-20-17)19-10-8-13-6-4-5-7-15(13)19/h9,11,13-16H,3-8,10,18H2,1-2H3. The molecule has 2 N–H and O–H groups in total. The highest BCUT2D eigenvalue weighted by atomic mass is 32.1. The molecule has 0 aromatic carbocycles. The van der Waals surface area contributed by atoms with Crippen molar-refractivity contribution in [3.05, 3.63) is 21.9 Å². The molecule has 3 heteroatoms. The molecule has 0 radical (unpaired) electrons. The summed E-state index contributed by atoms with van der Waals surface area (Å²) in [5.41, 5.74) is 7.98. The van der Waals surface area contributed by atoms with Crippen LogP contribution in [0, 0.1) is 12.8 Å². The van der Waals surface area contributed by atoms with Crippen molar-refractivity contribution in [3.8, 4) is 0 Å². The molecular formula is C17H28N2S. The minimum absolute atomic E-state index is 0.271. The number of likely N-dealkylation sites (tertiary alicyclic amines) is 1. The van der Waals surface area contributed by atoms with E-state index in [2.05, 4.69) is 30.2 Å². The number of thiophene rings is 1. The maximum absolute atomic E-state index is 6.54. The number of aryl methyl sites for hydroxylation is 1. The third-order valence-electron chi connectivity index (χ3n) is 5.46. The summed E-state index contributed by atoms with van der Waals surface area (Å²) < 4.78 is 0. The number of rotatable bonds is 4. The summed E-state index contributed by atoms with van der Waals surface area (Å²) in [5, 5.41) is 2.23. The topological polar surface area (TPSA) is 29.3 Å². The number of nitrogens with zero attached hydrogens (tertiary/aromatic N) is 1. The summed E-state index contributed by atoms with van der Waals surface area (Å²) in [4.78, 5) is 4.29. The van der Waals surface area contributed by atoms with Gasteiger partial charge in [-0.05, 0) is 62.1 Å². The molecule has 0 bridgehead atoms. The molecule has 0 spiro atoms. The van der Waals surface area contributed by atoms with Gasteiger partial charge in [-0.2, -0.15) is 0 Å². The van der Waals surface area contributed by atoms with Crippen LogP contribution in [0.5, 0.6) is 0 Å². The van der Waals surface area contributed by atoms with Crippen LogP contribution < -0.4 is 5.73 Å². The zero-order valence-electron chi connectivity index (χ0n) is 12.8. The van der Waals surface area contributed by atoms with Gasteiger partial charge in [0.15, 0.2) is 0 Å². The van der Waals surface area contributed by atoms with E-state index in [-0.39, 0.29) is 6.04 Å². The second kappa shape index (κ2) is 6.17. The van der Waals surface area contributed by atoms with E-state index < -0.39 is 0 Å². The first-order valence-electron chi connectivity index (χ1n) is 8.27. The molecule has 4 unspecified atom stereocenters. The quantitative estimate of drug-likeness (QED) is 0.905. The van der Waals surface area contributed by atoms with Crippen molar-refractivity contribution in [1.82, 2.24) is 4.90 Å². The predicted octanol–water partition coefficient (Wildman–Crippen LogP) is 4.10. The Hall–Kier alpha value is -0.380. The van der Waals surface area contributed by atoms with Crippen molar-refractivity contribution in [2.45, 2.75) is 70.5 Å². The predicted molar refractivity (Wildman–Crippen MR) is 87.1 cm³/mol. The Balaban J connectivity index is 1.88. The van der Waals surface area contributed by atoms with E-state index in [1.165, 1.54) is 49.1 Å². The van der Waals surface area contributed by atoms with E-state index >= 15 is 0 Å². The van der Waals surface area contributed by atoms with Crippen LogP contribution in [0.25, 0.3) is 0 Å². The molecule has 2 nitrogen and oxygen atoms in total. The summed E-state index contributed by atoms with van der Waals surface area (Å²) >= 11 is 1.91. The summed E-state index contributed by atoms with van der Waals surface area (Å²) in [6.45, 7) is 5.73. The monoisotopic (exact) mass is 292 g/mol. The van der Waals surface area contributed by atoms with Crippen LogP contribution in [0.4, 0.5) is 0 Å². The zero-order chi connectivity index (χ0) is 14.1. The Labute approximate surface area is 127 Å². The van der Waals surface area contributed by atoms with Crippen LogP contribution in [0.2, 0.25) is 0 Å². The molecular weight excluding hydrogens is 264 g/mol. The van der Waals surface area contributed by atoms with Crippen molar-refractivity contribution < 1.29 is 0 Å². The van der Waals surface area contributed by atoms with Gasteiger partial charge in [0.05, 0.1) is 6.04 Å². The second-order valence-corrected chi connectivity index (χ2v) is 7.57. The highest BCUT2D eigenvalue weighted by molar-refractivity contribution is 7.10. The van der Waals surface area contributed by atoms with Crippen molar-refractivity contribution >= 4 is 11.3 Å². The van der Waals surface area contributed by atoms with Crippen molar-refractivity contribution in [2.75, 3.05) is 6.54 Å². The van der Waals surface area contributed by atoms with Gasteiger partial charge in [0.2, 0.25) is 0 Å². The van der Waals surface area contributed by atoms with E-state index in [1.54, 1.807) is 0 Å². The number of fused-ring (bicyclic) bond motifs is 1. The van der Waals surface area contributed by atoms with Gasteiger partial charge >= 0.3 is 0 Å². The van der Waals surface area contributed by atoms with Gasteiger partial charge in [-0.15, -0.1) is 11.3 Å². The number of nitrogens with two attached hydrogens (primary N) is 1. The maximum Gasteiger partial charge on any atom is 0.0598 e.